The third-order valence-corrected chi connectivity index (χ3v) is 8.31. The maximum absolute atomic E-state index is 13.6. The fraction of sp³-hybridized carbons (Fsp3) is 0.333. The number of carbonyl (C=O) groups excluding carboxylic acids is 2. The first-order valence-corrected chi connectivity index (χ1v) is 16.5. The van der Waals surface area contributed by atoms with Crippen molar-refractivity contribution in [3.05, 3.63) is 137 Å². The number of urea groups is 1. The molecule has 252 valence electrons. The maximum Gasteiger partial charge on any atom is 0.410 e. The standard InChI is InChI=1S/C39H44FN3O5/c1-30(26-46-28-33-8-4-2-5-9-33)27-47-37-18-14-31(15-19-37)24-41-38(44)43(25-32-12-16-35(40)17-13-32)36-20-22-42(23-21-36)39(45)48-29-34-10-6-3-7-11-34/h2-19,30,36H,20-29H2,1H3,(H,41,44). The average molecular weight is 654 g/mol. The van der Waals surface area contributed by atoms with Gasteiger partial charge in [0.2, 0.25) is 0 Å². The van der Waals surface area contributed by atoms with E-state index < -0.39 is 0 Å². The predicted octanol–water partition coefficient (Wildman–Crippen LogP) is 7.57. The molecule has 0 radical (unpaired) electrons. The van der Waals surface area contributed by atoms with Crippen LogP contribution in [0.15, 0.2) is 109 Å². The summed E-state index contributed by atoms with van der Waals surface area (Å²) in [5, 5.41) is 3.06. The van der Waals surface area contributed by atoms with Gasteiger partial charge in [-0.15, -0.1) is 0 Å². The molecule has 9 heteroatoms. The summed E-state index contributed by atoms with van der Waals surface area (Å²) in [6.07, 6.45) is 0.860. The third kappa shape index (κ3) is 10.8. The number of ether oxygens (including phenoxy) is 3. The van der Waals surface area contributed by atoms with Crippen LogP contribution in [0.1, 0.15) is 42.0 Å². The molecule has 5 rings (SSSR count). The fourth-order valence-electron chi connectivity index (χ4n) is 5.55. The van der Waals surface area contributed by atoms with E-state index in [2.05, 4.69) is 12.2 Å². The molecule has 1 unspecified atom stereocenters. The number of rotatable bonds is 14. The number of hydrogen-bond donors (Lipinski definition) is 1. The molecule has 8 nitrogen and oxygen atoms in total. The Kier molecular flexibility index (Phi) is 12.8. The zero-order valence-corrected chi connectivity index (χ0v) is 27.4. The first-order valence-electron chi connectivity index (χ1n) is 16.5. The Morgan fingerprint density at radius 2 is 1.40 bits per heavy atom. The number of carbonyl (C=O) groups is 2. The maximum atomic E-state index is 13.6. The van der Waals surface area contributed by atoms with Gasteiger partial charge in [0, 0.05) is 38.1 Å². The molecular weight excluding hydrogens is 609 g/mol. The van der Waals surface area contributed by atoms with Crippen molar-refractivity contribution in [2.75, 3.05) is 26.3 Å². The van der Waals surface area contributed by atoms with Crippen LogP contribution in [0.5, 0.6) is 5.75 Å². The normalized spacial score (nSPS) is 13.8. The molecule has 48 heavy (non-hydrogen) atoms. The van der Waals surface area contributed by atoms with Crippen LogP contribution in [0, 0.1) is 11.7 Å². The number of halogens is 1. The van der Waals surface area contributed by atoms with E-state index in [1.54, 1.807) is 21.9 Å². The lowest BCUT2D eigenvalue weighted by molar-refractivity contribution is 0.0725. The Labute approximate surface area is 282 Å². The smallest absolute Gasteiger partial charge is 0.410 e. The molecule has 4 aromatic carbocycles. The van der Waals surface area contributed by atoms with Crippen LogP contribution in [-0.4, -0.2) is 54.3 Å². The summed E-state index contributed by atoms with van der Waals surface area (Å²) in [7, 11) is 0. The molecule has 0 spiro atoms. The lowest BCUT2D eigenvalue weighted by atomic mass is 10.0. The fourth-order valence-corrected chi connectivity index (χ4v) is 5.55. The molecule has 1 heterocycles. The SMILES string of the molecule is CC(COCc1ccccc1)COc1ccc(CNC(=O)N(Cc2ccc(F)cc2)C2CCN(C(=O)OCc3ccccc3)CC2)cc1. The van der Waals surface area contributed by atoms with Gasteiger partial charge in [-0.2, -0.15) is 0 Å². The number of piperidine rings is 1. The number of likely N-dealkylation sites (tertiary alicyclic amines) is 1. The molecular formula is C39H44FN3O5. The van der Waals surface area contributed by atoms with E-state index in [0.29, 0.717) is 58.8 Å². The highest BCUT2D eigenvalue weighted by Gasteiger charge is 2.30. The monoisotopic (exact) mass is 653 g/mol. The quantitative estimate of drug-likeness (QED) is 0.152. The molecule has 1 atom stereocenters. The van der Waals surface area contributed by atoms with E-state index in [1.807, 2.05) is 84.9 Å². The molecule has 0 bridgehead atoms. The third-order valence-electron chi connectivity index (χ3n) is 8.31. The minimum absolute atomic E-state index is 0.0948. The summed E-state index contributed by atoms with van der Waals surface area (Å²) in [5.41, 5.74) is 3.85. The summed E-state index contributed by atoms with van der Waals surface area (Å²) in [4.78, 5) is 29.8. The van der Waals surface area contributed by atoms with Crippen molar-refractivity contribution >= 4 is 12.1 Å². The van der Waals surface area contributed by atoms with Crippen molar-refractivity contribution in [1.82, 2.24) is 15.1 Å². The van der Waals surface area contributed by atoms with Crippen LogP contribution in [-0.2, 0) is 35.8 Å². The largest absolute Gasteiger partial charge is 0.493 e. The molecule has 4 aromatic rings. The molecule has 1 fully saturated rings. The second-order valence-electron chi connectivity index (χ2n) is 12.2. The van der Waals surface area contributed by atoms with Crippen molar-refractivity contribution in [1.29, 1.82) is 0 Å². The number of nitrogens with zero attached hydrogens (tertiary/aromatic N) is 2. The van der Waals surface area contributed by atoms with Gasteiger partial charge >= 0.3 is 12.1 Å². The molecule has 0 saturated carbocycles. The Bertz CT molecular complexity index is 1550. The van der Waals surface area contributed by atoms with E-state index in [4.69, 9.17) is 14.2 Å². The van der Waals surface area contributed by atoms with Crippen molar-refractivity contribution in [2.45, 2.75) is 52.1 Å². The van der Waals surface area contributed by atoms with E-state index in [9.17, 15) is 14.0 Å². The second-order valence-corrected chi connectivity index (χ2v) is 12.2. The highest BCUT2D eigenvalue weighted by atomic mass is 19.1. The number of hydrogen-bond acceptors (Lipinski definition) is 5. The summed E-state index contributed by atoms with van der Waals surface area (Å²) >= 11 is 0. The zero-order chi connectivity index (χ0) is 33.6. The van der Waals surface area contributed by atoms with Gasteiger partial charge in [-0.25, -0.2) is 14.0 Å². The van der Waals surface area contributed by atoms with Gasteiger partial charge < -0.3 is 29.3 Å². The van der Waals surface area contributed by atoms with Crippen molar-refractivity contribution in [3.63, 3.8) is 0 Å². The van der Waals surface area contributed by atoms with Crippen LogP contribution >= 0.6 is 0 Å². The Balaban J connectivity index is 1.09. The number of amides is 3. The van der Waals surface area contributed by atoms with Gasteiger partial charge in [-0.3, -0.25) is 0 Å². The molecule has 1 N–H and O–H groups in total. The van der Waals surface area contributed by atoms with E-state index in [-0.39, 0.29) is 36.5 Å². The first kappa shape index (κ1) is 34.4. The lowest BCUT2D eigenvalue weighted by Crippen LogP contribution is -2.51. The van der Waals surface area contributed by atoms with Crippen molar-refractivity contribution in [2.24, 2.45) is 5.92 Å². The summed E-state index contributed by atoms with van der Waals surface area (Å²) < 4.78 is 30.9. The highest BCUT2D eigenvalue weighted by molar-refractivity contribution is 5.74. The lowest BCUT2D eigenvalue weighted by Gasteiger charge is -2.38. The molecule has 0 aromatic heterocycles. The minimum atomic E-state index is -0.356. The minimum Gasteiger partial charge on any atom is -0.493 e. The summed E-state index contributed by atoms with van der Waals surface area (Å²) in [6, 6.07) is 33.2. The van der Waals surface area contributed by atoms with Crippen molar-refractivity contribution < 1.29 is 28.2 Å². The van der Waals surface area contributed by atoms with E-state index in [1.165, 1.54) is 12.1 Å². The zero-order valence-electron chi connectivity index (χ0n) is 27.4. The Hall–Kier alpha value is -4.89. The topological polar surface area (TPSA) is 80.3 Å². The van der Waals surface area contributed by atoms with Gasteiger partial charge in [0.1, 0.15) is 18.2 Å². The molecule has 3 amide bonds. The van der Waals surface area contributed by atoms with Crippen LogP contribution in [0.3, 0.4) is 0 Å². The summed E-state index contributed by atoms with van der Waals surface area (Å²) in [5.74, 6) is 0.661. The van der Waals surface area contributed by atoms with Gasteiger partial charge in [-0.1, -0.05) is 91.9 Å². The van der Waals surface area contributed by atoms with Gasteiger partial charge in [0.15, 0.2) is 0 Å². The van der Waals surface area contributed by atoms with Gasteiger partial charge in [-0.05, 0) is 59.4 Å². The van der Waals surface area contributed by atoms with Crippen LogP contribution in [0.2, 0.25) is 0 Å². The molecule has 1 aliphatic rings. The number of nitrogens with one attached hydrogen (secondary N) is 1. The predicted molar refractivity (Wildman–Crippen MR) is 183 cm³/mol. The number of benzene rings is 4. The first-order chi connectivity index (χ1) is 23.4. The van der Waals surface area contributed by atoms with Crippen molar-refractivity contribution in [3.8, 4) is 5.75 Å². The second kappa shape index (κ2) is 17.9. The van der Waals surface area contributed by atoms with Crippen LogP contribution < -0.4 is 10.1 Å². The summed E-state index contributed by atoms with van der Waals surface area (Å²) in [6.45, 7) is 5.65. The van der Waals surface area contributed by atoms with Gasteiger partial charge in [0.25, 0.3) is 0 Å². The van der Waals surface area contributed by atoms with E-state index in [0.717, 1.165) is 28.0 Å². The van der Waals surface area contributed by atoms with Crippen LogP contribution in [0.25, 0.3) is 0 Å². The molecule has 1 saturated heterocycles. The van der Waals surface area contributed by atoms with Crippen LogP contribution in [0.4, 0.5) is 14.0 Å². The Morgan fingerprint density at radius 3 is 2.04 bits per heavy atom. The average Bonchev–Trinajstić information content (AvgIpc) is 3.13. The van der Waals surface area contributed by atoms with E-state index >= 15 is 0 Å². The highest BCUT2D eigenvalue weighted by Crippen LogP contribution is 2.21. The molecule has 0 aliphatic carbocycles. The molecule has 1 aliphatic heterocycles. The van der Waals surface area contributed by atoms with Gasteiger partial charge in [0.05, 0.1) is 19.8 Å². The Morgan fingerprint density at radius 1 is 0.792 bits per heavy atom.